The molecule has 0 radical (unpaired) electrons. The Hall–Kier alpha value is -2.55. The number of para-hydroxylation sites is 1. The normalized spacial score (nSPS) is 10.7. The summed E-state index contributed by atoms with van der Waals surface area (Å²) in [5.41, 5.74) is 1.04. The van der Waals surface area contributed by atoms with E-state index in [0.717, 1.165) is 23.5 Å². The summed E-state index contributed by atoms with van der Waals surface area (Å²) in [5.74, 6) is 0.843. The van der Waals surface area contributed by atoms with E-state index in [0.29, 0.717) is 6.42 Å². The van der Waals surface area contributed by atoms with Crippen LogP contribution in [0.15, 0.2) is 60.7 Å². The Morgan fingerprint density at radius 1 is 1.05 bits per heavy atom. The second-order valence-electron chi connectivity index (χ2n) is 4.68. The summed E-state index contributed by atoms with van der Waals surface area (Å²) in [6.07, 6.45) is 5.61. The van der Waals surface area contributed by atoms with Crippen molar-refractivity contribution in [2.75, 3.05) is 0 Å². The van der Waals surface area contributed by atoms with Gasteiger partial charge < -0.3 is 9.84 Å². The first-order valence-electron chi connectivity index (χ1n) is 6.95. The Morgan fingerprint density at radius 2 is 1.81 bits per heavy atom. The highest BCUT2D eigenvalue weighted by atomic mass is 16.5. The van der Waals surface area contributed by atoms with E-state index in [2.05, 4.69) is 0 Å². The van der Waals surface area contributed by atoms with Crippen LogP contribution in [0.2, 0.25) is 0 Å². The zero-order chi connectivity index (χ0) is 14.9. The van der Waals surface area contributed by atoms with Gasteiger partial charge in [0.1, 0.15) is 11.5 Å². The van der Waals surface area contributed by atoms with Crippen LogP contribution < -0.4 is 4.74 Å². The summed E-state index contributed by atoms with van der Waals surface area (Å²) in [5, 5.41) is 8.57. The molecule has 1 N–H and O–H groups in total. The van der Waals surface area contributed by atoms with Crippen molar-refractivity contribution in [3.63, 3.8) is 0 Å². The third-order valence-electron chi connectivity index (χ3n) is 2.91. The number of rotatable bonds is 7. The zero-order valence-corrected chi connectivity index (χ0v) is 11.7. The second-order valence-corrected chi connectivity index (χ2v) is 4.68. The quantitative estimate of drug-likeness (QED) is 0.746. The average molecular weight is 282 g/mol. The number of unbranched alkanes of at least 4 members (excludes halogenated alkanes) is 1. The summed E-state index contributed by atoms with van der Waals surface area (Å²) in [7, 11) is 0. The molecule has 2 aromatic rings. The van der Waals surface area contributed by atoms with Gasteiger partial charge in [-0.05, 0) is 42.7 Å². The summed E-state index contributed by atoms with van der Waals surface area (Å²) < 4.78 is 5.77. The lowest BCUT2D eigenvalue weighted by Gasteiger charge is -2.05. The van der Waals surface area contributed by atoms with Crippen LogP contribution in [-0.4, -0.2) is 11.1 Å². The predicted molar refractivity (Wildman–Crippen MR) is 83.5 cm³/mol. The molecule has 2 aromatic carbocycles. The number of allylic oxidation sites excluding steroid dienone is 1. The molecule has 0 saturated heterocycles. The van der Waals surface area contributed by atoms with Gasteiger partial charge in [-0.3, -0.25) is 4.79 Å². The summed E-state index contributed by atoms with van der Waals surface area (Å²) in [6, 6.07) is 17.4. The minimum atomic E-state index is -0.748. The molecule has 3 heteroatoms. The van der Waals surface area contributed by atoms with E-state index in [1.165, 1.54) is 0 Å². The lowest BCUT2D eigenvalue weighted by molar-refractivity contribution is -0.137. The topological polar surface area (TPSA) is 46.5 Å². The van der Waals surface area contributed by atoms with Crippen molar-refractivity contribution < 1.29 is 14.6 Å². The molecule has 0 unspecified atom stereocenters. The predicted octanol–water partition coefficient (Wildman–Crippen LogP) is 4.75. The molecule has 0 fully saturated rings. The van der Waals surface area contributed by atoms with Gasteiger partial charge in [-0.25, -0.2) is 0 Å². The van der Waals surface area contributed by atoms with Gasteiger partial charge in [0.2, 0.25) is 0 Å². The molecule has 108 valence electrons. The van der Waals surface area contributed by atoms with Crippen molar-refractivity contribution in [1.82, 2.24) is 0 Å². The van der Waals surface area contributed by atoms with Crippen LogP contribution in [0.3, 0.4) is 0 Å². The number of carbonyl (C=O) groups is 1. The third kappa shape index (κ3) is 5.53. The van der Waals surface area contributed by atoms with E-state index in [-0.39, 0.29) is 6.42 Å². The van der Waals surface area contributed by atoms with E-state index >= 15 is 0 Å². The van der Waals surface area contributed by atoms with Crippen molar-refractivity contribution in [2.45, 2.75) is 19.3 Å². The number of ether oxygens (including phenoxy) is 1. The molecule has 0 spiro atoms. The van der Waals surface area contributed by atoms with Gasteiger partial charge in [0.05, 0.1) is 0 Å². The minimum absolute atomic E-state index is 0.210. The highest BCUT2D eigenvalue weighted by Gasteiger charge is 1.97. The van der Waals surface area contributed by atoms with Gasteiger partial charge >= 0.3 is 5.97 Å². The van der Waals surface area contributed by atoms with E-state index in [9.17, 15) is 4.79 Å². The molecule has 0 amide bonds. The molecule has 0 aliphatic heterocycles. The van der Waals surface area contributed by atoms with Gasteiger partial charge in [0.25, 0.3) is 0 Å². The smallest absolute Gasteiger partial charge is 0.303 e. The van der Waals surface area contributed by atoms with Gasteiger partial charge in [-0.2, -0.15) is 0 Å². The van der Waals surface area contributed by atoms with Crippen LogP contribution in [0.4, 0.5) is 0 Å². The molecular formula is C18H18O3. The molecule has 0 saturated carbocycles. The Balaban J connectivity index is 1.91. The average Bonchev–Trinajstić information content (AvgIpc) is 2.48. The van der Waals surface area contributed by atoms with Crippen LogP contribution in [0, 0.1) is 0 Å². The molecule has 0 heterocycles. The fourth-order valence-electron chi connectivity index (χ4n) is 1.90. The fourth-order valence-corrected chi connectivity index (χ4v) is 1.90. The fraction of sp³-hybridized carbons (Fsp3) is 0.167. The highest BCUT2D eigenvalue weighted by Crippen LogP contribution is 2.22. The van der Waals surface area contributed by atoms with Crippen molar-refractivity contribution in [2.24, 2.45) is 0 Å². The first-order chi connectivity index (χ1) is 10.2. The number of carboxylic acids is 1. The maximum Gasteiger partial charge on any atom is 0.303 e. The van der Waals surface area contributed by atoms with Gasteiger partial charge in [-0.15, -0.1) is 0 Å². The number of aliphatic carboxylic acids is 1. The van der Waals surface area contributed by atoms with Crippen LogP contribution >= 0.6 is 0 Å². The minimum Gasteiger partial charge on any atom is -0.481 e. The summed E-state index contributed by atoms with van der Waals surface area (Å²) >= 11 is 0. The number of hydrogen-bond acceptors (Lipinski definition) is 2. The first kappa shape index (κ1) is 14.9. The lowest BCUT2D eigenvalue weighted by Crippen LogP contribution is -1.92. The molecule has 0 aliphatic rings. The van der Waals surface area contributed by atoms with Crippen molar-refractivity contribution in [3.05, 3.63) is 66.2 Å². The molecule has 2 rings (SSSR count). The van der Waals surface area contributed by atoms with Gasteiger partial charge in [-0.1, -0.05) is 42.5 Å². The van der Waals surface area contributed by atoms with Gasteiger partial charge in [0, 0.05) is 6.42 Å². The Bertz CT molecular complexity index is 603. The molecule has 3 nitrogen and oxygen atoms in total. The maximum atomic E-state index is 10.4. The van der Waals surface area contributed by atoms with Crippen LogP contribution in [0.1, 0.15) is 24.8 Å². The van der Waals surface area contributed by atoms with Crippen molar-refractivity contribution in [3.8, 4) is 11.5 Å². The molecule has 0 bridgehead atoms. The van der Waals surface area contributed by atoms with Crippen LogP contribution in [-0.2, 0) is 4.79 Å². The van der Waals surface area contributed by atoms with Crippen LogP contribution in [0.5, 0.6) is 11.5 Å². The summed E-state index contributed by atoms with van der Waals surface area (Å²) in [4.78, 5) is 10.4. The molecule has 21 heavy (non-hydrogen) atoms. The monoisotopic (exact) mass is 282 g/mol. The molecule has 0 aliphatic carbocycles. The van der Waals surface area contributed by atoms with Crippen molar-refractivity contribution >= 4 is 12.0 Å². The zero-order valence-electron chi connectivity index (χ0n) is 11.7. The van der Waals surface area contributed by atoms with E-state index < -0.39 is 5.97 Å². The number of benzene rings is 2. The largest absolute Gasteiger partial charge is 0.481 e. The highest BCUT2D eigenvalue weighted by molar-refractivity contribution is 5.66. The molecule has 0 atom stereocenters. The first-order valence-corrected chi connectivity index (χ1v) is 6.95. The molecular weight excluding hydrogens is 264 g/mol. The maximum absolute atomic E-state index is 10.4. The van der Waals surface area contributed by atoms with E-state index in [1.54, 1.807) is 0 Å². The Kier molecular flexibility index (Phi) is 5.59. The Morgan fingerprint density at radius 3 is 2.57 bits per heavy atom. The SMILES string of the molecule is O=C(O)CCC/C=C/c1cccc(Oc2ccccc2)c1. The number of hydrogen-bond donors (Lipinski definition) is 1. The molecule has 0 aromatic heterocycles. The number of carboxylic acid groups (broad SMARTS) is 1. The van der Waals surface area contributed by atoms with E-state index in [4.69, 9.17) is 9.84 Å². The second kappa shape index (κ2) is 7.90. The van der Waals surface area contributed by atoms with Gasteiger partial charge in [0.15, 0.2) is 0 Å². The summed E-state index contributed by atoms with van der Waals surface area (Å²) in [6.45, 7) is 0. The van der Waals surface area contributed by atoms with Crippen molar-refractivity contribution in [1.29, 1.82) is 0 Å². The van der Waals surface area contributed by atoms with E-state index in [1.807, 2.05) is 66.7 Å². The van der Waals surface area contributed by atoms with Crippen LogP contribution in [0.25, 0.3) is 6.08 Å². The third-order valence-corrected chi connectivity index (χ3v) is 2.91. The standard InChI is InChI=1S/C18H18O3/c19-18(20)13-6-1-3-8-15-9-7-12-17(14-15)21-16-10-4-2-5-11-16/h2-5,7-12,14H,1,6,13H2,(H,19,20)/b8-3+. The Labute approximate surface area is 124 Å². The lowest BCUT2D eigenvalue weighted by atomic mass is 10.1.